The summed E-state index contributed by atoms with van der Waals surface area (Å²) in [4.78, 5) is 13.0. The molecule has 0 saturated carbocycles. The van der Waals surface area contributed by atoms with Gasteiger partial charge in [0.2, 0.25) is 0 Å². The van der Waals surface area contributed by atoms with E-state index >= 15 is 0 Å². The number of aryl methyl sites for hydroxylation is 1. The highest BCUT2D eigenvalue weighted by atomic mass is 32.2. The van der Waals surface area contributed by atoms with Gasteiger partial charge in [-0.3, -0.25) is 4.79 Å². The Labute approximate surface area is 165 Å². The summed E-state index contributed by atoms with van der Waals surface area (Å²) in [6.07, 6.45) is 13.5. The van der Waals surface area contributed by atoms with Gasteiger partial charge in [0.05, 0.1) is 10.8 Å². The van der Waals surface area contributed by atoms with Gasteiger partial charge < -0.3 is 5.11 Å². The summed E-state index contributed by atoms with van der Waals surface area (Å²) in [5.74, 6) is 1.25. The van der Waals surface area contributed by atoms with E-state index in [-0.39, 0.29) is 16.8 Å². The lowest BCUT2D eigenvalue weighted by Crippen LogP contribution is -2.18. The van der Waals surface area contributed by atoms with Gasteiger partial charge in [-0.1, -0.05) is 83.3 Å². The lowest BCUT2D eigenvalue weighted by atomic mass is 10.0. The van der Waals surface area contributed by atoms with E-state index in [1.807, 2.05) is 19.1 Å². The van der Waals surface area contributed by atoms with Crippen molar-refractivity contribution < 1.29 is 9.90 Å². The minimum Gasteiger partial charge on any atom is -0.507 e. The first-order valence-corrected chi connectivity index (χ1v) is 11.6. The number of thioether (sulfide) groups is 1. The van der Waals surface area contributed by atoms with Crippen LogP contribution in [-0.2, 0) is 0 Å². The normalized spacial score (nSPS) is 12.3. The van der Waals surface area contributed by atoms with Crippen LogP contribution in [0.25, 0.3) is 0 Å². The zero-order valence-corrected chi connectivity index (χ0v) is 17.9. The van der Waals surface area contributed by atoms with E-state index in [9.17, 15) is 9.90 Å². The Balaban J connectivity index is 2.50. The summed E-state index contributed by atoms with van der Waals surface area (Å²) in [5.41, 5.74) is 1.52. The van der Waals surface area contributed by atoms with Crippen LogP contribution in [0.2, 0.25) is 0 Å². The topological polar surface area (TPSA) is 37.3 Å². The van der Waals surface area contributed by atoms with Gasteiger partial charge in [-0.05, 0) is 37.7 Å². The Hall–Kier alpha value is -0.960. The van der Waals surface area contributed by atoms with Crippen molar-refractivity contribution in [3.8, 4) is 5.75 Å². The Kier molecular flexibility index (Phi) is 12.6. The second-order valence-corrected chi connectivity index (χ2v) is 8.67. The van der Waals surface area contributed by atoms with Crippen molar-refractivity contribution in [2.24, 2.45) is 0 Å². The second kappa shape index (κ2) is 14.1. The van der Waals surface area contributed by atoms with E-state index in [2.05, 4.69) is 13.8 Å². The first kappa shape index (κ1) is 23.1. The Morgan fingerprint density at radius 1 is 0.962 bits per heavy atom. The number of phenols is 1. The summed E-state index contributed by atoms with van der Waals surface area (Å²) >= 11 is 1.78. The molecule has 0 aliphatic rings. The van der Waals surface area contributed by atoms with Crippen LogP contribution in [0.3, 0.4) is 0 Å². The van der Waals surface area contributed by atoms with E-state index in [1.165, 1.54) is 44.9 Å². The first-order valence-electron chi connectivity index (χ1n) is 10.6. The van der Waals surface area contributed by atoms with E-state index < -0.39 is 0 Å². The third-order valence-corrected chi connectivity index (χ3v) is 6.22. The highest BCUT2D eigenvalue weighted by molar-refractivity contribution is 8.00. The van der Waals surface area contributed by atoms with Gasteiger partial charge in [0.15, 0.2) is 5.78 Å². The zero-order chi connectivity index (χ0) is 19.2. The number of carbonyl (C=O) groups excluding carboxylic acids is 1. The minimum absolute atomic E-state index is 0.0191. The molecule has 0 heterocycles. The lowest BCUT2D eigenvalue weighted by Gasteiger charge is -2.16. The van der Waals surface area contributed by atoms with Crippen molar-refractivity contribution in [1.29, 1.82) is 0 Å². The van der Waals surface area contributed by atoms with Gasteiger partial charge in [0, 0.05) is 0 Å². The number of rotatable bonds is 15. The van der Waals surface area contributed by atoms with Crippen molar-refractivity contribution in [3.63, 3.8) is 0 Å². The van der Waals surface area contributed by atoms with Crippen molar-refractivity contribution in [2.75, 3.05) is 5.75 Å². The number of unbranched alkanes of at least 4 members (excludes halogenated alkanes) is 8. The van der Waals surface area contributed by atoms with Gasteiger partial charge in [-0.25, -0.2) is 0 Å². The van der Waals surface area contributed by atoms with Crippen LogP contribution in [0, 0.1) is 6.92 Å². The number of aromatic hydroxyl groups is 1. The predicted octanol–water partition coefficient (Wildman–Crippen LogP) is 7.32. The average molecular weight is 379 g/mol. The predicted molar refractivity (Wildman–Crippen MR) is 116 cm³/mol. The number of Topliss-reactive ketones (excluding diaryl/α,β-unsaturated/α-hetero) is 1. The summed E-state index contributed by atoms with van der Waals surface area (Å²) in [6, 6.07) is 5.33. The second-order valence-electron chi connectivity index (χ2n) is 7.36. The molecule has 1 aromatic carbocycles. The van der Waals surface area contributed by atoms with E-state index in [0.29, 0.717) is 5.56 Å². The fourth-order valence-electron chi connectivity index (χ4n) is 3.14. The average Bonchev–Trinajstić information content (AvgIpc) is 2.64. The van der Waals surface area contributed by atoms with E-state index in [0.717, 1.165) is 37.0 Å². The highest BCUT2D eigenvalue weighted by Gasteiger charge is 2.22. The summed E-state index contributed by atoms with van der Waals surface area (Å²) in [7, 11) is 0. The number of carbonyl (C=O) groups is 1. The van der Waals surface area contributed by atoms with Crippen LogP contribution in [-0.4, -0.2) is 21.9 Å². The molecule has 1 rings (SSSR count). The van der Waals surface area contributed by atoms with E-state index in [1.54, 1.807) is 17.8 Å². The van der Waals surface area contributed by atoms with Crippen molar-refractivity contribution >= 4 is 17.5 Å². The standard InChI is InChI=1S/C23H38O2S/c1-4-6-8-9-10-11-12-13-14-22(26-17-7-5-2)23(25)20-18-19(3)15-16-21(20)24/h15-16,18,22,24H,4-14,17H2,1-3H3/t22-/m0/s1. The maximum Gasteiger partial charge on any atom is 0.179 e. The van der Waals surface area contributed by atoms with Crippen LogP contribution < -0.4 is 0 Å². The molecule has 0 aromatic heterocycles. The molecule has 0 spiro atoms. The molecular formula is C23H38O2S. The number of hydrogen-bond acceptors (Lipinski definition) is 3. The van der Waals surface area contributed by atoms with Gasteiger partial charge in [-0.2, -0.15) is 11.8 Å². The maximum absolute atomic E-state index is 13.0. The molecule has 3 heteroatoms. The smallest absolute Gasteiger partial charge is 0.179 e. The van der Waals surface area contributed by atoms with Crippen LogP contribution >= 0.6 is 11.8 Å². The quantitative estimate of drug-likeness (QED) is 0.257. The van der Waals surface area contributed by atoms with Crippen LogP contribution in [0.5, 0.6) is 5.75 Å². The molecule has 0 unspecified atom stereocenters. The van der Waals surface area contributed by atoms with Crippen LogP contribution in [0.4, 0.5) is 0 Å². The molecule has 1 aromatic rings. The van der Waals surface area contributed by atoms with Gasteiger partial charge in [-0.15, -0.1) is 0 Å². The van der Waals surface area contributed by atoms with Crippen LogP contribution in [0.1, 0.15) is 100 Å². The summed E-state index contributed by atoms with van der Waals surface area (Å²) < 4.78 is 0. The molecule has 0 bridgehead atoms. The Morgan fingerprint density at radius 2 is 1.58 bits per heavy atom. The zero-order valence-electron chi connectivity index (χ0n) is 17.1. The molecule has 0 aliphatic heterocycles. The Morgan fingerprint density at radius 3 is 2.23 bits per heavy atom. The van der Waals surface area contributed by atoms with Crippen LogP contribution in [0.15, 0.2) is 18.2 Å². The molecule has 0 aliphatic carbocycles. The molecule has 0 fully saturated rings. The molecule has 0 amide bonds. The van der Waals surface area contributed by atoms with E-state index in [4.69, 9.17) is 0 Å². The molecule has 26 heavy (non-hydrogen) atoms. The molecule has 148 valence electrons. The van der Waals surface area contributed by atoms with Gasteiger partial charge in [0.25, 0.3) is 0 Å². The van der Waals surface area contributed by atoms with Crippen molar-refractivity contribution in [1.82, 2.24) is 0 Å². The van der Waals surface area contributed by atoms with Crippen molar-refractivity contribution in [2.45, 2.75) is 96.7 Å². The number of phenolic OH excluding ortho intramolecular Hbond substituents is 1. The Bertz CT molecular complexity index is 513. The third-order valence-electron chi connectivity index (χ3n) is 4.85. The minimum atomic E-state index is -0.0191. The third kappa shape index (κ3) is 9.12. The fourth-order valence-corrected chi connectivity index (χ4v) is 4.50. The summed E-state index contributed by atoms with van der Waals surface area (Å²) in [6.45, 7) is 6.40. The monoisotopic (exact) mass is 378 g/mol. The van der Waals surface area contributed by atoms with Gasteiger partial charge >= 0.3 is 0 Å². The lowest BCUT2D eigenvalue weighted by molar-refractivity contribution is 0.0983. The molecule has 2 nitrogen and oxygen atoms in total. The molecule has 0 saturated heterocycles. The van der Waals surface area contributed by atoms with Gasteiger partial charge in [0.1, 0.15) is 5.75 Å². The molecule has 1 atom stereocenters. The SMILES string of the molecule is CCCCCCCCCC[C@H](SCCCC)C(=O)c1cc(C)ccc1O. The number of ketones is 1. The van der Waals surface area contributed by atoms with Crippen molar-refractivity contribution in [3.05, 3.63) is 29.3 Å². The first-order chi connectivity index (χ1) is 12.6. The largest absolute Gasteiger partial charge is 0.507 e. The molecule has 1 N–H and O–H groups in total. The molecular weight excluding hydrogens is 340 g/mol. The molecule has 0 radical (unpaired) electrons. The maximum atomic E-state index is 13.0. The number of benzene rings is 1. The summed E-state index contributed by atoms with van der Waals surface area (Å²) in [5, 5.41) is 10.1. The highest BCUT2D eigenvalue weighted by Crippen LogP contribution is 2.28. The fraction of sp³-hybridized carbons (Fsp3) is 0.696. The number of hydrogen-bond donors (Lipinski definition) is 1.